The number of carbonyl (C=O) groups is 2. The first-order valence-electron chi connectivity index (χ1n) is 22.7. The highest BCUT2D eigenvalue weighted by molar-refractivity contribution is 5.74. The molecule has 66 heavy (non-hydrogen) atoms. The van der Waals surface area contributed by atoms with Crippen LogP contribution in [0.5, 0.6) is 0 Å². The molecule has 3 heterocycles. The summed E-state index contributed by atoms with van der Waals surface area (Å²) in [6, 6.07) is -1.12. The van der Waals surface area contributed by atoms with E-state index in [1.54, 1.807) is 75.5 Å². The lowest BCUT2D eigenvalue weighted by Gasteiger charge is -2.43. The maximum Gasteiger partial charge on any atom is 0.313 e. The number of fused-ring (bicyclic) bond motifs is 2. The Bertz CT molecular complexity index is 1670. The Morgan fingerprint density at radius 1 is 0.591 bits per heavy atom. The standard InChI is InChI=1S/C48H75NO17/c1-27-18-16-14-12-10-8-6-7-9-11-13-15-17-19-33(65-48-46(60)42(49)44(58)30(4)64-48)24-38-41(47(61)62-5)36(54)26-39(66-38)45(59)37(55)25-35(53)34(52)21-20-31(50)22-32(51)23-40(56)63-29(3)28(2)43(27)57/h6-19,27-39,41-46,48,50-55,57-60H,20-26,49H2,1-5H3/b7-6+,10-8+,11-9+,14-12+,15-13+,18-16-,19-17+/t27-,28-,29-,30+,31+,32+,33-,34+,35+,36-,37-,38-,39?,41+,42-,43+,44+,45+,46-,48-/m0/s1. The molecule has 0 saturated carbocycles. The van der Waals surface area contributed by atoms with Gasteiger partial charge in [0.1, 0.15) is 24.2 Å². The third kappa shape index (κ3) is 18.2. The van der Waals surface area contributed by atoms with E-state index in [9.17, 15) is 60.7 Å². The zero-order valence-electron chi connectivity index (χ0n) is 38.5. The highest BCUT2D eigenvalue weighted by atomic mass is 16.7. The monoisotopic (exact) mass is 938 g/mol. The summed E-state index contributed by atoms with van der Waals surface area (Å²) < 4.78 is 28.5. The molecule has 0 spiro atoms. The maximum atomic E-state index is 13.1. The molecular weight excluding hydrogens is 863 g/mol. The number of cyclic esters (lactones) is 1. The number of hydrogen-bond donors (Lipinski definition) is 11. The van der Waals surface area contributed by atoms with E-state index in [1.165, 1.54) is 0 Å². The highest BCUT2D eigenvalue weighted by Gasteiger charge is 2.48. The van der Waals surface area contributed by atoms with Crippen molar-refractivity contribution in [1.29, 1.82) is 0 Å². The van der Waals surface area contributed by atoms with Gasteiger partial charge in [0, 0.05) is 31.1 Å². The van der Waals surface area contributed by atoms with E-state index in [1.807, 2.05) is 37.3 Å². The van der Waals surface area contributed by atoms with Gasteiger partial charge in [0.2, 0.25) is 0 Å². The number of methoxy groups -OCH3 is 1. The predicted octanol–water partition coefficient (Wildman–Crippen LogP) is 0.451. The van der Waals surface area contributed by atoms with Crippen molar-refractivity contribution >= 4 is 11.9 Å². The average molecular weight is 938 g/mol. The molecule has 2 bridgehead atoms. The molecule has 2 saturated heterocycles. The average Bonchev–Trinajstić information content (AvgIpc) is 3.27. The van der Waals surface area contributed by atoms with Crippen molar-refractivity contribution in [3.05, 3.63) is 85.1 Å². The van der Waals surface area contributed by atoms with Crippen molar-refractivity contribution < 1.29 is 84.3 Å². The zero-order valence-corrected chi connectivity index (χ0v) is 38.5. The quantitative estimate of drug-likeness (QED) is 0.171. The maximum absolute atomic E-state index is 13.1. The van der Waals surface area contributed by atoms with Gasteiger partial charge in [-0.15, -0.1) is 0 Å². The Morgan fingerprint density at radius 2 is 1.17 bits per heavy atom. The third-order valence-electron chi connectivity index (χ3n) is 12.3. The van der Waals surface area contributed by atoms with Crippen LogP contribution < -0.4 is 5.73 Å². The van der Waals surface area contributed by atoms with Gasteiger partial charge in [0.15, 0.2) is 6.29 Å². The van der Waals surface area contributed by atoms with E-state index in [0.717, 1.165) is 7.11 Å². The summed E-state index contributed by atoms with van der Waals surface area (Å²) in [5.74, 6) is -3.58. The van der Waals surface area contributed by atoms with E-state index in [4.69, 9.17) is 29.4 Å². The first kappa shape index (κ1) is 56.9. The van der Waals surface area contributed by atoms with Gasteiger partial charge >= 0.3 is 11.9 Å². The molecule has 3 rings (SSSR count). The fourth-order valence-electron chi connectivity index (χ4n) is 7.98. The number of aliphatic hydroxyl groups excluding tert-OH is 10. The summed E-state index contributed by atoms with van der Waals surface area (Å²) >= 11 is 0. The molecule has 374 valence electrons. The molecule has 1 unspecified atom stereocenters. The number of nitrogens with two attached hydrogens (primary N) is 1. The molecule has 20 atom stereocenters. The molecule has 0 aliphatic carbocycles. The molecule has 18 heteroatoms. The van der Waals surface area contributed by atoms with Crippen LogP contribution in [0, 0.1) is 17.8 Å². The van der Waals surface area contributed by atoms with E-state index >= 15 is 0 Å². The van der Waals surface area contributed by atoms with Crippen LogP contribution >= 0.6 is 0 Å². The molecular formula is C48H75NO17. The molecule has 0 amide bonds. The molecule has 18 nitrogen and oxygen atoms in total. The van der Waals surface area contributed by atoms with Crippen molar-refractivity contribution in [1.82, 2.24) is 0 Å². The minimum Gasteiger partial charge on any atom is -0.469 e. The predicted molar refractivity (Wildman–Crippen MR) is 242 cm³/mol. The van der Waals surface area contributed by atoms with Gasteiger partial charge in [0.25, 0.3) is 0 Å². The van der Waals surface area contributed by atoms with Gasteiger partial charge in [0.05, 0.1) is 92.8 Å². The van der Waals surface area contributed by atoms with Crippen molar-refractivity contribution in [2.75, 3.05) is 7.11 Å². The Hall–Kier alpha value is -3.44. The summed E-state index contributed by atoms with van der Waals surface area (Å²) in [4.78, 5) is 25.7. The fourth-order valence-corrected chi connectivity index (χ4v) is 7.98. The lowest BCUT2D eigenvalue weighted by Crippen LogP contribution is -2.61. The molecule has 3 aliphatic heterocycles. The van der Waals surface area contributed by atoms with Crippen LogP contribution in [0.2, 0.25) is 0 Å². The van der Waals surface area contributed by atoms with E-state index in [-0.39, 0.29) is 38.0 Å². The molecule has 0 aromatic carbocycles. The minimum absolute atomic E-state index is 0.108. The van der Waals surface area contributed by atoms with Gasteiger partial charge < -0.3 is 80.5 Å². The minimum atomic E-state index is -1.75. The highest BCUT2D eigenvalue weighted by Crippen LogP contribution is 2.34. The Kier molecular flexibility index (Phi) is 24.8. The Labute approximate surface area is 387 Å². The number of carbonyl (C=O) groups excluding carboxylic acids is 2. The topological polar surface area (TPSA) is 309 Å². The normalized spacial score (nSPS) is 44.9. The fraction of sp³-hybridized carbons (Fsp3) is 0.667. The van der Waals surface area contributed by atoms with Crippen LogP contribution in [0.1, 0.15) is 72.6 Å². The number of esters is 2. The first-order chi connectivity index (χ1) is 31.2. The Morgan fingerprint density at radius 3 is 1.76 bits per heavy atom. The lowest BCUT2D eigenvalue weighted by molar-refractivity contribution is -0.280. The van der Waals surface area contributed by atoms with Gasteiger partial charge in [-0.05, 0) is 33.1 Å². The number of hydrogen-bond acceptors (Lipinski definition) is 18. The van der Waals surface area contributed by atoms with Gasteiger partial charge in [-0.2, -0.15) is 0 Å². The van der Waals surface area contributed by atoms with Crippen LogP contribution in [0.15, 0.2) is 85.1 Å². The van der Waals surface area contributed by atoms with Gasteiger partial charge in [-0.3, -0.25) is 9.59 Å². The van der Waals surface area contributed by atoms with Crippen LogP contribution in [-0.4, -0.2) is 174 Å². The smallest absolute Gasteiger partial charge is 0.313 e. The molecule has 3 aliphatic rings. The summed E-state index contributed by atoms with van der Waals surface area (Å²) in [6.45, 7) is 6.78. The molecule has 0 aromatic heterocycles. The Balaban J connectivity index is 1.88. The molecule has 12 N–H and O–H groups in total. The van der Waals surface area contributed by atoms with E-state index in [2.05, 4.69) is 0 Å². The summed E-state index contributed by atoms with van der Waals surface area (Å²) in [7, 11) is 1.13. The van der Waals surface area contributed by atoms with Crippen LogP contribution in [0.4, 0.5) is 0 Å². The van der Waals surface area contributed by atoms with Gasteiger partial charge in [-0.1, -0.05) is 98.9 Å². The van der Waals surface area contributed by atoms with Crippen molar-refractivity contribution in [2.24, 2.45) is 23.5 Å². The number of allylic oxidation sites excluding steroid dienone is 12. The summed E-state index contributed by atoms with van der Waals surface area (Å²) in [5.41, 5.74) is 6.05. The van der Waals surface area contributed by atoms with Crippen molar-refractivity contribution in [3.8, 4) is 0 Å². The largest absolute Gasteiger partial charge is 0.469 e. The van der Waals surface area contributed by atoms with Crippen LogP contribution in [-0.2, 0) is 33.3 Å². The van der Waals surface area contributed by atoms with Crippen LogP contribution in [0.3, 0.4) is 0 Å². The van der Waals surface area contributed by atoms with E-state index < -0.39 is 141 Å². The van der Waals surface area contributed by atoms with Crippen LogP contribution in [0.25, 0.3) is 0 Å². The summed E-state index contributed by atoms with van der Waals surface area (Å²) in [5, 5.41) is 108. The number of ether oxygens (including phenoxy) is 5. The number of aliphatic hydroxyl groups is 10. The van der Waals surface area contributed by atoms with E-state index in [0.29, 0.717) is 0 Å². The van der Waals surface area contributed by atoms with Crippen molar-refractivity contribution in [2.45, 2.75) is 177 Å². The second-order valence-corrected chi connectivity index (χ2v) is 17.6. The zero-order chi connectivity index (χ0) is 49.1. The summed E-state index contributed by atoms with van der Waals surface area (Å²) in [6.07, 6.45) is 2.25. The lowest BCUT2D eigenvalue weighted by atomic mass is 9.83. The SMILES string of the molecule is COC(=O)[C@H]1[C@@H]2C[C@@H](O[C@@H]3O[C@H](C)[C@@H](O)[C@H](N)[C@@H]3O)/C=C/C=C/C=C/C=C/C=C/C=C/C=C\[C@H](C)[C@@H](O)[C@@H](C)[C@H](C)OC(=O)C[C@H](O)C[C@H](O)CC[C@@H](O)[C@H](O)C[C@H](O)[C@@H](O)C(C[C@@H]1O)O2. The second kappa shape index (κ2) is 28.8. The molecule has 0 radical (unpaired) electrons. The second-order valence-electron chi connectivity index (χ2n) is 17.6. The molecule has 2 fully saturated rings. The number of rotatable bonds is 3. The first-order valence-corrected chi connectivity index (χ1v) is 22.7. The third-order valence-corrected chi connectivity index (χ3v) is 12.3. The van der Waals surface area contributed by atoms with Gasteiger partial charge in [-0.25, -0.2) is 0 Å². The van der Waals surface area contributed by atoms with Crippen molar-refractivity contribution in [3.63, 3.8) is 0 Å². The molecule has 0 aromatic rings.